The zero-order chi connectivity index (χ0) is 24.7. The number of carboxylic acid groups (broad SMARTS) is 1. The minimum absolute atomic E-state index is 0.124. The third kappa shape index (κ3) is 4.28. The minimum atomic E-state index is -1.04. The summed E-state index contributed by atoms with van der Waals surface area (Å²) in [5, 5.41) is 10.2. The first-order chi connectivity index (χ1) is 16.8. The average molecular weight is 486 g/mol. The number of aryl methyl sites for hydroxylation is 2. The van der Waals surface area contributed by atoms with Crippen molar-refractivity contribution >= 4 is 29.5 Å². The molecular weight excluding hydrogens is 462 g/mol. The zero-order valence-electron chi connectivity index (χ0n) is 19.2. The van der Waals surface area contributed by atoms with E-state index in [1.54, 1.807) is 29.7 Å². The van der Waals surface area contributed by atoms with E-state index in [0.29, 0.717) is 11.1 Å². The zero-order valence-corrected chi connectivity index (χ0v) is 20.1. The molecule has 0 saturated heterocycles. The second kappa shape index (κ2) is 8.96. The van der Waals surface area contributed by atoms with Gasteiger partial charge in [0.15, 0.2) is 0 Å². The molecule has 0 radical (unpaired) electrons. The largest absolute Gasteiger partial charge is 0.478 e. The number of aromatic amines is 1. The van der Waals surface area contributed by atoms with E-state index in [4.69, 9.17) is 4.98 Å². The SMILES string of the molecule is CCc1ccc2c(c1)C=Cc1sc(C)nc1C2c1cn(Cc2cccc(C(=O)O)c2)c(=O)[nH]c1=O. The first-order valence-corrected chi connectivity index (χ1v) is 12.1. The maximum atomic E-state index is 13.2. The number of thiazole rings is 1. The van der Waals surface area contributed by atoms with Crippen LogP contribution in [0.2, 0.25) is 0 Å². The monoisotopic (exact) mass is 485 g/mol. The molecule has 5 rings (SSSR count). The van der Waals surface area contributed by atoms with Gasteiger partial charge in [0.2, 0.25) is 0 Å². The first-order valence-electron chi connectivity index (χ1n) is 11.3. The Balaban J connectivity index is 1.68. The number of carbonyl (C=O) groups is 1. The predicted octanol–water partition coefficient (Wildman–Crippen LogP) is 4.27. The molecule has 2 aromatic heterocycles. The molecule has 1 atom stereocenters. The van der Waals surface area contributed by atoms with Gasteiger partial charge in [-0.25, -0.2) is 14.6 Å². The van der Waals surface area contributed by atoms with Crippen molar-refractivity contribution in [2.24, 2.45) is 0 Å². The van der Waals surface area contributed by atoms with Gasteiger partial charge in [0.05, 0.1) is 33.6 Å². The summed E-state index contributed by atoms with van der Waals surface area (Å²) in [6, 6.07) is 12.6. The average Bonchev–Trinajstić information content (AvgIpc) is 3.14. The summed E-state index contributed by atoms with van der Waals surface area (Å²) in [6.07, 6.45) is 6.58. The number of rotatable bonds is 5. The number of aromatic carboxylic acids is 1. The number of nitrogens with zero attached hydrogens (tertiary/aromatic N) is 2. The number of fused-ring (bicyclic) bond motifs is 2. The van der Waals surface area contributed by atoms with E-state index in [1.807, 2.05) is 19.1 Å². The number of H-pyrrole nitrogens is 1. The Labute approximate surface area is 205 Å². The van der Waals surface area contributed by atoms with Crippen LogP contribution >= 0.6 is 11.3 Å². The fourth-order valence-corrected chi connectivity index (χ4v) is 5.38. The molecule has 2 heterocycles. The normalized spacial score (nSPS) is 14.3. The van der Waals surface area contributed by atoms with Gasteiger partial charge in [-0.1, -0.05) is 43.3 Å². The van der Waals surface area contributed by atoms with Gasteiger partial charge in [0, 0.05) is 11.8 Å². The van der Waals surface area contributed by atoms with Crippen molar-refractivity contribution in [3.05, 3.63) is 118 Å². The van der Waals surface area contributed by atoms with Gasteiger partial charge in [-0.15, -0.1) is 11.3 Å². The fraction of sp³-hybridized carbons (Fsp3) is 0.185. The van der Waals surface area contributed by atoms with Crippen LogP contribution in [0.25, 0.3) is 12.2 Å². The van der Waals surface area contributed by atoms with Crippen LogP contribution in [-0.4, -0.2) is 25.6 Å². The molecule has 7 nitrogen and oxygen atoms in total. The summed E-state index contributed by atoms with van der Waals surface area (Å²) in [5.74, 6) is -1.49. The highest BCUT2D eigenvalue weighted by Gasteiger charge is 2.29. The van der Waals surface area contributed by atoms with E-state index in [2.05, 4.69) is 30.1 Å². The number of aromatic nitrogens is 3. The highest BCUT2D eigenvalue weighted by molar-refractivity contribution is 7.12. The molecule has 0 bridgehead atoms. The van der Waals surface area contributed by atoms with E-state index in [9.17, 15) is 19.5 Å². The number of hydrogen-bond acceptors (Lipinski definition) is 5. The van der Waals surface area contributed by atoms with Crippen LogP contribution in [0.3, 0.4) is 0 Å². The van der Waals surface area contributed by atoms with Crippen LogP contribution in [0, 0.1) is 6.92 Å². The lowest BCUT2D eigenvalue weighted by atomic mass is 9.86. The molecule has 176 valence electrons. The molecular formula is C27H23N3O4S. The van der Waals surface area contributed by atoms with Crippen LogP contribution in [0.15, 0.2) is 58.3 Å². The first kappa shape index (κ1) is 22.7. The van der Waals surface area contributed by atoms with Crippen LogP contribution in [-0.2, 0) is 13.0 Å². The Hall–Kier alpha value is -4.04. The Kier molecular flexibility index (Phi) is 5.82. The summed E-state index contributed by atoms with van der Waals surface area (Å²) >= 11 is 1.57. The molecule has 0 spiro atoms. The second-order valence-electron chi connectivity index (χ2n) is 8.54. The van der Waals surface area contributed by atoms with Crippen LogP contribution < -0.4 is 11.2 Å². The highest BCUT2D eigenvalue weighted by atomic mass is 32.1. The molecule has 1 unspecified atom stereocenters. The lowest BCUT2D eigenvalue weighted by molar-refractivity contribution is 0.0696. The summed E-state index contributed by atoms with van der Waals surface area (Å²) in [4.78, 5) is 45.5. The van der Waals surface area contributed by atoms with E-state index in [-0.39, 0.29) is 12.1 Å². The van der Waals surface area contributed by atoms with Gasteiger partial charge >= 0.3 is 11.7 Å². The van der Waals surface area contributed by atoms with Crippen molar-refractivity contribution in [3.63, 3.8) is 0 Å². The highest BCUT2D eigenvalue weighted by Crippen LogP contribution is 2.39. The Morgan fingerprint density at radius 3 is 2.71 bits per heavy atom. The van der Waals surface area contributed by atoms with Crippen molar-refractivity contribution in [1.29, 1.82) is 0 Å². The maximum Gasteiger partial charge on any atom is 0.335 e. The van der Waals surface area contributed by atoms with E-state index in [1.165, 1.54) is 22.3 Å². The summed E-state index contributed by atoms with van der Waals surface area (Å²) in [7, 11) is 0. The number of nitrogens with one attached hydrogen (secondary N) is 1. The van der Waals surface area contributed by atoms with E-state index in [0.717, 1.165) is 33.1 Å². The number of benzene rings is 2. The van der Waals surface area contributed by atoms with Gasteiger partial charge in [-0.2, -0.15) is 0 Å². The van der Waals surface area contributed by atoms with Gasteiger partial charge < -0.3 is 5.11 Å². The third-order valence-corrected chi connectivity index (χ3v) is 7.17. The molecule has 1 aliphatic rings. The smallest absolute Gasteiger partial charge is 0.335 e. The maximum absolute atomic E-state index is 13.2. The molecule has 35 heavy (non-hydrogen) atoms. The minimum Gasteiger partial charge on any atom is -0.478 e. The van der Waals surface area contributed by atoms with Crippen LogP contribution in [0.5, 0.6) is 0 Å². The molecule has 8 heteroatoms. The Morgan fingerprint density at radius 2 is 1.94 bits per heavy atom. The lowest BCUT2D eigenvalue weighted by Crippen LogP contribution is -2.33. The summed E-state index contributed by atoms with van der Waals surface area (Å²) < 4.78 is 1.41. The third-order valence-electron chi connectivity index (χ3n) is 6.22. The van der Waals surface area contributed by atoms with E-state index >= 15 is 0 Å². The van der Waals surface area contributed by atoms with Gasteiger partial charge in [-0.3, -0.25) is 14.3 Å². The topological polar surface area (TPSA) is 105 Å². The standard InChI is InChI=1S/C27H23N3O4S/c1-3-16-7-9-20-18(11-16)8-10-22-24(28-15(2)35-22)23(20)21-14-30(27(34)29-25(21)31)13-17-5-4-6-19(12-17)26(32)33/h4-12,14,23H,3,13H2,1-2H3,(H,32,33)(H,29,31,34). The van der Waals surface area contributed by atoms with Crippen LogP contribution in [0.1, 0.15) is 66.6 Å². The molecule has 0 saturated carbocycles. The quantitative estimate of drug-likeness (QED) is 0.387. The molecule has 4 aromatic rings. The summed E-state index contributed by atoms with van der Waals surface area (Å²) in [6.45, 7) is 4.16. The predicted molar refractivity (Wildman–Crippen MR) is 136 cm³/mol. The van der Waals surface area contributed by atoms with Crippen molar-refractivity contribution in [3.8, 4) is 0 Å². The molecule has 2 N–H and O–H groups in total. The van der Waals surface area contributed by atoms with Crippen molar-refractivity contribution < 1.29 is 9.90 Å². The number of carboxylic acids is 1. The van der Waals surface area contributed by atoms with Crippen molar-refractivity contribution in [1.82, 2.24) is 14.5 Å². The second-order valence-corrected chi connectivity index (χ2v) is 9.78. The molecule has 0 amide bonds. The lowest BCUT2D eigenvalue weighted by Gasteiger charge is -2.19. The molecule has 0 aliphatic heterocycles. The Morgan fingerprint density at radius 1 is 1.11 bits per heavy atom. The number of hydrogen-bond donors (Lipinski definition) is 2. The van der Waals surface area contributed by atoms with Crippen molar-refractivity contribution in [2.75, 3.05) is 0 Å². The van der Waals surface area contributed by atoms with Crippen molar-refractivity contribution in [2.45, 2.75) is 32.7 Å². The molecule has 2 aromatic carbocycles. The van der Waals surface area contributed by atoms with Crippen LogP contribution in [0.4, 0.5) is 0 Å². The Bertz CT molecular complexity index is 1610. The van der Waals surface area contributed by atoms with Gasteiger partial charge in [0.1, 0.15) is 0 Å². The van der Waals surface area contributed by atoms with E-state index < -0.39 is 23.1 Å². The fourth-order valence-electron chi connectivity index (χ4n) is 4.51. The van der Waals surface area contributed by atoms with Gasteiger partial charge in [-0.05, 0) is 53.8 Å². The van der Waals surface area contributed by atoms with Gasteiger partial charge in [0.25, 0.3) is 5.56 Å². The summed E-state index contributed by atoms with van der Waals surface area (Å²) in [5.41, 5.74) is 4.13. The molecule has 0 fully saturated rings. The molecule has 1 aliphatic carbocycles.